The van der Waals surface area contributed by atoms with Crippen molar-refractivity contribution in [1.29, 1.82) is 0 Å². The molecule has 0 fully saturated rings. The molecule has 0 saturated carbocycles. The van der Waals surface area contributed by atoms with Gasteiger partial charge >= 0.3 is 0 Å². The molecule has 1 atom stereocenters. The van der Waals surface area contributed by atoms with E-state index in [0.29, 0.717) is 0 Å². The molecule has 0 aliphatic heterocycles. The Morgan fingerprint density at radius 3 is 2.69 bits per heavy atom. The second-order valence-corrected chi connectivity index (χ2v) is 4.55. The fourth-order valence-electron chi connectivity index (χ4n) is 1.23. The van der Waals surface area contributed by atoms with Gasteiger partial charge in [0.1, 0.15) is 0 Å². The molecule has 0 aromatic heterocycles. The monoisotopic (exact) mass is 204 g/mol. The van der Waals surface area contributed by atoms with Crippen molar-refractivity contribution in [1.82, 2.24) is 10.2 Å². The largest absolute Gasteiger partial charge is 0.320 e. The average Bonchev–Trinajstić information content (AvgIpc) is 2.14. The number of rotatable bonds is 8. The van der Waals surface area contributed by atoms with Gasteiger partial charge in [-0.1, -0.05) is 0 Å². The normalized spacial score (nSPS) is 13.6. The predicted octanol–water partition coefficient (Wildman–Crippen LogP) is 1.67. The Labute approximate surface area is 87.5 Å². The SMILES string of the molecule is CNCCCN(C)C(C)CCSC. The van der Waals surface area contributed by atoms with Crippen LogP contribution in [0.1, 0.15) is 19.8 Å². The summed E-state index contributed by atoms with van der Waals surface area (Å²) in [4.78, 5) is 2.45. The van der Waals surface area contributed by atoms with Crippen molar-refractivity contribution in [2.75, 3.05) is 39.2 Å². The molecule has 1 N–H and O–H groups in total. The molecule has 0 aromatic carbocycles. The van der Waals surface area contributed by atoms with Gasteiger partial charge in [0.25, 0.3) is 0 Å². The minimum atomic E-state index is 0.726. The lowest BCUT2D eigenvalue weighted by molar-refractivity contribution is 0.250. The molecular weight excluding hydrogens is 180 g/mol. The van der Waals surface area contributed by atoms with E-state index in [0.717, 1.165) is 12.6 Å². The summed E-state index contributed by atoms with van der Waals surface area (Å²) in [5.74, 6) is 1.28. The lowest BCUT2D eigenvalue weighted by Crippen LogP contribution is -2.31. The maximum atomic E-state index is 3.17. The fourth-order valence-corrected chi connectivity index (χ4v) is 1.81. The van der Waals surface area contributed by atoms with E-state index in [2.05, 4.69) is 30.4 Å². The Bertz CT molecular complexity index is 109. The van der Waals surface area contributed by atoms with Crippen molar-refractivity contribution in [3.63, 3.8) is 0 Å². The molecule has 0 heterocycles. The summed E-state index contributed by atoms with van der Waals surface area (Å²) in [5.41, 5.74) is 0. The highest BCUT2D eigenvalue weighted by Crippen LogP contribution is 2.05. The number of hydrogen-bond acceptors (Lipinski definition) is 3. The Hall–Kier alpha value is 0.270. The van der Waals surface area contributed by atoms with Gasteiger partial charge in [-0.25, -0.2) is 0 Å². The van der Waals surface area contributed by atoms with Crippen LogP contribution >= 0.6 is 11.8 Å². The van der Waals surface area contributed by atoms with E-state index in [1.54, 1.807) is 0 Å². The lowest BCUT2D eigenvalue weighted by atomic mass is 10.2. The maximum absolute atomic E-state index is 3.17. The van der Waals surface area contributed by atoms with E-state index >= 15 is 0 Å². The summed E-state index contributed by atoms with van der Waals surface area (Å²) in [6.07, 6.45) is 4.72. The van der Waals surface area contributed by atoms with Gasteiger partial charge in [-0.2, -0.15) is 11.8 Å². The van der Waals surface area contributed by atoms with Crippen molar-refractivity contribution in [3.05, 3.63) is 0 Å². The second kappa shape index (κ2) is 8.85. The first-order chi connectivity index (χ1) is 6.22. The minimum Gasteiger partial charge on any atom is -0.320 e. The Kier molecular flexibility index (Phi) is 9.03. The third-order valence-corrected chi connectivity index (χ3v) is 3.07. The van der Waals surface area contributed by atoms with Crippen LogP contribution in [0, 0.1) is 0 Å². The van der Waals surface area contributed by atoms with E-state index in [1.807, 2.05) is 18.8 Å². The van der Waals surface area contributed by atoms with Gasteiger partial charge in [-0.3, -0.25) is 0 Å². The van der Waals surface area contributed by atoms with E-state index in [4.69, 9.17) is 0 Å². The van der Waals surface area contributed by atoms with Crippen LogP contribution in [-0.2, 0) is 0 Å². The topological polar surface area (TPSA) is 15.3 Å². The van der Waals surface area contributed by atoms with Crippen LogP contribution in [0.3, 0.4) is 0 Å². The second-order valence-electron chi connectivity index (χ2n) is 3.57. The molecule has 0 aromatic rings. The quantitative estimate of drug-likeness (QED) is 0.606. The number of nitrogens with zero attached hydrogens (tertiary/aromatic N) is 1. The van der Waals surface area contributed by atoms with Crippen LogP contribution in [0.4, 0.5) is 0 Å². The van der Waals surface area contributed by atoms with Crippen LogP contribution < -0.4 is 5.32 Å². The van der Waals surface area contributed by atoms with Crippen molar-refractivity contribution in [3.8, 4) is 0 Å². The van der Waals surface area contributed by atoms with E-state index in [9.17, 15) is 0 Å². The van der Waals surface area contributed by atoms with Gasteiger partial charge in [0.05, 0.1) is 0 Å². The summed E-state index contributed by atoms with van der Waals surface area (Å²) in [6, 6.07) is 0.726. The van der Waals surface area contributed by atoms with Crippen LogP contribution in [0.25, 0.3) is 0 Å². The average molecular weight is 204 g/mol. The van der Waals surface area contributed by atoms with Gasteiger partial charge in [0.15, 0.2) is 0 Å². The molecule has 0 aliphatic rings. The first-order valence-electron chi connectivity index (χ1n) is 5.06. The summed E-state index contributed by atoms with van der Waals surface area (Å²) < 4.78 is 0. The van der Waals surface area contributed by atoms with Gasteiger partial charge in [-0.15, -0.1) is 0 Å². The minimum absolute atomic E-state index is 0.726. The Morgan fingerprint density at radius 1 is 1.46 bits per heavy atom. The zero-order chi connectivity index (χ0) is 10.1. The molecule has 80 valence electrons. The molecule has 0 rings (SSSR count). The lowest BCUT2D eigenvalue weighted by Gasteiger charge is -2.24. The van der Waals surface area contributed by atoms with Crippen molar-refractivity contribution in [2.24, 2.45) is 0 Å². The van der Waals surface area contributed by atoms with Crippen LogP contribution in [-0.4, -0.2) is 50.1 Å². The Balaban J connectivity index is 3.38. The fraction of sp³-hybridized carbons (Fsp3) is 1.00. The van der Waals surface area contributed by atoms with E-state index in [1.165, 1.54) is 25.1 Å². The summed E-state index contributed by atoms with van der Waals surface area (Å²) in [7, 11) is 4.23. The molecule has 0 aliphatic carbocycles. The van der Waals surface area contributed by atoms with Crippen LogP contribution in [0.2, 0.25) is 0 Å². The molecule has 13 heavy (non-hydrogen) atoms. The molecule has 0 saturated heterocycles. The van der Waals surface area contributed by atoms with Crippen LogP contribution in [0.5, 0.6) is 0 Å². The zero-order valence-electron chi connectivity index (χ0n) is 9.47. The molecule has 0 bridgehead atoms. The van der Waals surface area contributed by atoms with Gasteiger partial charge < -0.3 is 10.2 Å². The molecule has 1 unspecified atom stereocenters. The molecule has 0 amide bonds. The number of nitrogens with one attached hydrogen (secondary N) is 1. The van der Waals surface area contributed by atoms with Crippen molar-refractivity contribution >= 4 is 11.8 Å². The molecule has 0 spiro atoms. The molecule has 2 nitrogen and oxygen atoms in total. The smallest absolute Gasteiger partial charge is 0.00717 e. The van der Waals surface area contributed by atoms with Gasteiger partial charge in [0.2, 0.25) is 0 Å². The third kappa shape index (κ3) is 7.35. The van der Waals surface area contributed by atoms with Crippen LogP contribution in [0.15, 0.2) is 0 Å². The predicted molar refractivity (Wildman–Crippen MR) is 63.6 cm³/mol. The van der Waals surface area contributed by atoms with Crippen molar-refractivity contribution in [2.45, 2.75) is 25.8 Å². The first kappa shape index (κ1) is 13.3. The number of thioether (sulfide) groups is 1. The first-order valence-corrected chi connectivity index (χ1v) is 6.45. The maximum Gasteiger partial charge on any atom is 0.00717 e. The highest BCUT2D eigenvalue weighted by atomic mass is 32.2. The van der Waals surface area contributed by atoms with E-state index < -0.39 is 0 Å². The zero-order valence-corrected chi connectivity index (χ0v) is 10.3. The van der Waals surface area contributed by atoms with Gasteiger partial charge in [-0.05, 0) is 59.0 Å². The number of hydrogen-bond donors (Lipinski definition) is 1. The summed E-state index contributed by atoms with van der Waals surface area (Å²) >= 11 is 1.94. The highest BCUT2D eigenvalue weighted by molar-refractivity contribution is 7.98. The van der Waals surface area contributed by atoms with Crippen molar-refractivity contribution < 1.29 is 0 Å². The summed E-state index contributed by atoms with van der Waals surface area (Å²) in [6.45, 7) is 4.64. The Morgan fingerprint density at radius 2 is 2.15 bits per heavy atom. The highest BCUT2D eigenvalue weighted by Gasteiger charge is 2.07. The standard InChI is InChI=1S/C10H24N2S/c1-10(6-9-13-4)12(3)8-5-7-11-2/h10-11H,5-9H2,1-4H3. The molecule has 0 radical (unpaired) electrons. The summed E-state index contributed by atoms with van der Waals surface area (Å²) in [5, 5.41) is 3.17. The van der Waals surface area contributed by atoms with E-state index in [-0.39, 0.29) is 0 Å². The third-order valence-electron chi connectivity index (χ3n) is 2.43. The molecular formula is C10H24N2S. The molecule has 3 heteroatoms. The van der Waals surface area contributed by atoms with Gasteiger partial charge in [0, 0.05) is 6.04 Å².